The molecule has 0 aliphatic carbocycles. The van der Waals surface area contributed by atoms with Crippen LogP contribution in [0, 0.1) is 6.92 Å². The van der Waals surface area contributed by atoms with E-state index in [-0.39, 0.29) is 5.91 Å². The lowest BCUT2D eigenvalue weighted by atomic mass is 10.2. The molecule has 0 aliphatic rings. The van der Waals surface area contributed by atoms with Gasteiger partial charge in [-0.15, -0.1) is 11.3 Å². The molecule has 0 fully saturated rings. The molecule has 0 saturated heterocycles. The summed E-state index contributed by atoms with van der Waals surface area (Å²) in [6.45, 7) is 2.32. The Balaban J connectivity index is 1.63. The van der Waals surface area contributed by atoms with Crippen LogP contribution >= 0.6 is 11.3 Å². The van der Waals surface area contributed by atoms with Gasteiger partial charge in [0.1, 0.15) is 12.4 Å². The molecule has 2 amide bonds. The quantitative estimate of drug-likeness (QED) is 0.597. The van der Waals surface area contributed by atoms with Crippen LogP contribution in [0.3, 0.4) is 0 Å². The molecular weight excluding hydrogens is 374 g/mol. The van der Waals surface area contributed by atoms with Gasteiger partial charge in [-0.2, -0.15) is 0 Å². The first kappa shape index (κ1) is 19.3. The van der Waals surface area contributed by atoms with Crippen LogP contribution in [0.2, 0.25) is 0 Å². The largest absolute Gasteiger partial charge is 0.487 e. The summed E-state index contributed by atoms with van der Waals surface area (Å²) in [7, 11) is 0. The fourth-order valence-corrected chi connectivity index (χ4v) is 3.04. The maximum atomic E-state index is 12.2. The third-order valence-electron chi connectivity index (χ3n) is 3.81. The number of anilines is 1. The first-order valence-corrected chi connectivity index (χ1v) is 9.41. The van der Waals surface area contributed by atoms with Crippen LogP contribution in [0.1, 0.15) is 26.6 Å². The number of benzene rings is 2. The number of rotatable bonds is 7. The van der Waals surface area contributed by atoms with Gasteiger partial charge >= 0.3 is 0 Å². The van der Waals surface area contributed by atoms with E-state index in [0.717, 1.165) is 16.3 Å². The third kappa shape index (κ3) is 5.28. The minimum absolute atomic E-state index is 0.295. The van der Waals surface area contributed by atoms with E-state index in [9.17, 15) is 9.59 Å². The number of carbonyl (C=O) groups excluding carboxylic acids is 2. The Morgan fingerprint density at radius 1 is 1.18 bits per heavy atom. The highest BCUT2D eigenvalue weighted by Gasteiger charge is 2.05. The summed E-state index contributed by atoms with van der Waals surface area (Å²) in [6, 6.07) is 13.8. The molecule has 2 aromatic carbocycles. The number of thiazole rings is 1. The SMILES string of the molecule is Cc1nc(COc2ccccc2C=CC(=O)Nc2ccc(C(N)=O)cc2)cs1. The number of para-hydroxylation sites is 1. The van der Waals surface area contributed by atoms with Crippen LogP contribution in [0.4, 0.5) is 5.69 Å². The van der Waals surface area contributed by atoms with Gasteiger partial charge in [0, 0.05) is 28.3 Å². The second-order valence-electron chi connectivity index (χ2n) is 5.95. The fourth-order valence-electron chi connectivity index (χ4n) is 2.44. The van der Waals surface area contributed by atoms with Gasteiger partial charge < -0.3 is 15.8 Å². The highest BCUT2D eigenvalue weighted by Crippen LogP contribution is 2.21. The van der Waals surface area contributed by atoms with Gasteiger partial charge in [-0.3, -0.25) is 9.59 Å². The van der Waals surface area contributed by atoms with Gasteiger partial charge in [0.05, 0.1) is 10.7 Å². The molecular formula is C21H19N3O3S. The number of hydrogen-bond donors (Lipinski definition) is 2. The van der Waals surface area contributed by atoms with Crippen molar-refractivity contribution in [3.63, 3.8) is 0 Å². The van der Waals surface area contributed by atoms with Crippen molar-refractivity contribution in [2.24, 2.45) is 5.73 Å². The molecule has 142 valence electrons. The molecule has 7 heteroatoms. The molecule has 6 nitrogen and oxygen atoms in total. The van der Waals surface area contributed by atoms with Crippen LogP contribution in [0.15, 0.2) is 60.0 Å². The van der Waals surface area contributed by atoms with E-state index in [2.05, 4.69) is 10.3 Å². The standard InChI is InChI=1S/C21H19N3O3S/c1-14-23-18(13-28-14)12-27-19-5-3-2-4-15(19)8-11-20(25)24-17-9-6-16(7-10-17)21(22)26/h2-11,13H,12H2,1H3,(H2,22,26)(H,24,25). The van der Waals surface area contributed by atoms with Gasteiger partial charge in [0.2, 0.25) is 11.8 Å². The summed E-state index contributed by atoms with van der Waals surface area (Å²) in [5, 5.41) is 5.69. The number of aryl methyl sites for hydroxylation is 1. The first-order valence-electron chi connectivity index (χ1n) is 8.53. The molecule has 0 atom stereocenters. The Morgan fingerprint density at radius 2 is 1.93 bits per heavy atom. The van der Waals surface area contributed by atoms with Crippen molar-refractivity contribution in [3.8, 4) is 5.75 Å². The highest BCUT2D eigenvalue weighted by atomic mass is 32.1. The lowest BCUT2D eigenvalue weighted by molar-refractivity contribution is -0.111. The molecule has 0 spiro atoms. The van der Waals surface area contributed by atoms with Crippen LogP contribution in [-0.4, -0.2) is 16.8 Å². The van der Waals surface area contributed by atoms with Gasteiger partial charge in [-0.1, -0.05) is 18.2 Å². The van der Waals surface area contributed by atoms with Crippen molar-refractivity contribution in [1.29, 1.82) is 0 Å². The van der Waals surface area contributed by atoms with Crippen LogP contribution in [0.5, 0.6) is 5.75 Å². The van der Waals surface area contributed by atoms with Gasteiger partial charge in [0.15, 0.2) is 0 Å². The Kier molecular flexibility index (Phi) is 6.18. The second kappa shape index (κ2) is 8.96. The predicted octanol–water partition coefficient (Wildman–Crippen LogP) is 3.78. The smallest absolute Gasteiger partial charge is 0.248 e. The minimum atomic E-state index is -0.512. The van der Waals surface area contributed by atoms with E-state index >= 15 is 0 Å². The van der Waals surface area contributed by atoms with Gasteiger partial charge in [0.25, 0.3) is 0 Å². The Morgan fingerprint density at radius 3 is 2.61 bits per heavy atom. The summed E-state index contributed by atoms with van der Waals surface area (Å²) < 4.78 is 5.84. The molecule has 0 bridgehead atoms. The van der Waals surface area contributed by atoms with E-state index in [4.69, 9.17) is 10.5 Å². The number of nitrogens with one attached hydrogen (secondary N) is 1. The first-order chi connectivity index (χ1) is 13.5. The van der Waals surface area contributed by atoms with Crippen molar-refractivity contribution in [2.75, 3.05) is 5.32 Å². The molecule has 0 unspecified atom stereocenters. The van der Waals surface area contributed by atoms with E-state index < -0.39 is 5.91 Å². The lowest BCUT2D eigenvalue weighted by Crippen LogP contribution is -2.11. The number of aromatic nitrogens is 1. The Hall–Kier alpha value is -3.45. The highest BCUT2D eigenvalue weighted by molar-refractivity contribution is 7.09. The molecule has 0 radical (unpaired) electrons. The monoisotopic (exact) mass is 393 g/mol. The van der Waals surface area contributed by atoms with E-state index in [1.165, 1.54) is 6.08 Å². The molecule has 3 N–H and O–H groups in total. The molecule has 1 aromatic heterocycles. The average Bonchev–Trinajstić information content (AvgIpc) is 3.11. The van der Waals surface area contributed by atoms with Crippen LogP contribution < -0.4 is 15.8 Å². The topological polar surface area (TPSA) is 94.3 Å². The number of ether oxygens (including phenoxy) is 1. The summed E-state index contributed by atoms with van der Waals surface area (Å²) in [5.74, 6) is -0.137. The predicted molar refractivity (Wildman–Crippen MR) is 110 cm³/mol. The summed E-state index contributed by atoms with van der Waals surface area (Å²) in [6.07, 6.45) is 3.12. The molecule has 1 heterocycles. The zero-order valence-corrected chi connectivity index (χ0v) is 16.0. The lowest BCUT2D eigenvalue weighted by Gasteiger charge is -2.08. The minimum Gasteiger partial charge on any atom is -0.487 e. The van der Waals surface area contributed by atoms with Crippen LogP contribution in [-0.2, 0) is 11.4 Å². The molecule has 0 aliphatic heterocycles. The molecule has 0 saturated carbocycles. The van der Waals surface area contributed by atoms with E-state index in [1.54, 1.807) is 41.7 Å². The van der Waals surface area contributed by atoms with Gasteiger partial charge in [-0.25, -0.2) is 4.98 Å². The number of amides is 2. The second-order valence-corrected chi connectivity index (χ2v) is 7.01. The molecule has 28 heavy (non-hydrogen) atoms. The summed E-state index contributed by atoms with van der Waals surface area (Å²) >= 11 is 1.58. The molecule has 3 aromatic rings. The maximum Gasteiger partial charge on any atom is 0.248 e. The Labute approximate surface area is 166 Å². The van der Waals surface area contributed by atoms with Crippen molar-refractivity contribution < 1.29 is 14.3 Å². The van der Waals surface area contributed by atoms with Crippen LogP contribution in [0.25, 0.3) is 6.08 Å². The number of primary amides is 1. The fraction of sp³-hybridized carbons (Fsp3) is 0.0952. The zero-order chi connectivity index (χ0) is 19.9. The number of carbonyl (C=O) groups is 2. The summed E-state index contributed by atoms with van der Waals surface area (Å²) in [5.41, 5.74) is 7.82. The third-order valence-corrected chi connectivity index (χ3v) is 4.63. The summed E-state index contributed by atoms with van der Waals surface area (Å²) in [4.78, 5) is 27.6. The van der Waals surface area contributed by atoms with Crippen molar-refractivity contribution in [2.45, 2.75) is 13.5 Å². The normalized spacial score (nSPS) is 10.8. The van der Waals surface area contributed by atoms with E-state index in [0.29, 0.717) is 23.6 Å². The van der Waals surface area contributed by atoms with E-state index in [1.807, 2.05) is 36.6 Å². The Bertz CT molecular complexity index is 1010. The maximum absolute atomic E-state index is 12.2. The van der Waals surface area contributed by atoms with Crippen molar-refractivity contribution in [3.05, 3.63) is 81.8 Å². The van der Waals surface area contributed by atoms with Crippen molar-refractivity contribution >= 4 is 34.9 Å². The zero-order valence-electron chi connectivity index (χ0n) is 15.2. The number of nitrogens with two attached hydrogens (primary N) is 1. The van der Waals surface area contributed by atoms with Gasteiger partial charge in [-0.05, 0) is 43.3 Å². The number of hydrogen-bond acceptors (Lipinski definition) is 5. The molecule has 3 rings (SSSR count). The average molecular weight is 393 g/mol. The van der Waals surface area contributed by atoms with Crippen molar-refractivity contribution in [1.82, 2.24) is 4.98 Å². The number of nitrogens with zero attached hydrogens (tertiary/aromatic N) is 1.